The summed E-state index contributed by atoms with van der Waals surface area (Å²) in [6.45, 7) is 4.82. The molecule has 0 fully saturated rings. The minimum absolute atomic E-state index is 0.191. The van der Waals surface area contributed by atoms with Gasteiger partial charge in [-0.05, 0) is 13.8 Å². The Labute approximate surface area is 68.0 Å². The van der Waals surface area contributed by atoms with Crippen molar-refractivity contribution in [2.75, 3.05) is 19.4 Å². The number of carbonyl (C=O) groups is 1. The summed E-state index contributed by atoms with van der Waals surface area (Å²) < 4.78 is 10.3. The van der Waals surface area contributed by atoms with Gasteiger partial charge in [0.25, 0.3) is 0 Å². The van der Waals surface area contributed by atoms with E-state index in [0.717, 1.165) is 0 Å². The fourth-order valence-electron chi connectivity index (χ4n) is 0.544. The molecule has 5 heteroatoms. The summed E-state index contributed by atoms with van der Waals surface area (Å²) in [5.41, 5.74) is 4.97. The third-order valence-electron chi connectivity index (χ3n) is 0.831. The van der Waals surface area contributed by atoms with Crippen LogP contribution in [-0.4, -0.2) is 25.3 Å². The first-order valence-electron chi connectivity index (χ1n) is 3.52. The molecular weight excluding hydrogens is 165 g/mol. The van der Waals surface area contributed by atoms with Crippen molar-refractivity contribution in [2.45, 2.75) is 13.8 Å². The van der Waals surface area contributed by atoms with Gasteiger partial charge in [0.15, 0.2) is 8.38 Å². The predicted molar refractivity (Wildman–Crippen MR) is 44.2 cm³/mol. The first kappa shape index (κ1) is 10.8. The lowest BCUT2D eigenvalue weighted by molar-refractivity contribution is -0.115. The van der Waals surface area contributed by atoms with Crippen LogP contribution in [0.1, 0.15) is 13.8 Å². The van der Waals surface area contributed by atoms with Gasteiger partial charge in [0.05, 0.1) is 19.4 Å². The highest BCUT2D eigenvalue weighted by Crippen LogP contribution is 2.36. The third kappa shape index (κ3) is 6.23. The van der Waals surface area contributed by atoms with Crippen LogP contribution in [0.4, 0.5) is 0 Å². The Kier molecular flexibility index (Phi) is 6.42. The van der Waals surface area contributed by atoms with Crippen molar-refractivity contribution >= 4 is 14.3 Å². The van der Waals surface area contributed by atoms with Crippen molar-refractivity contribution in [3.8, 4) is 0 Å². The summed E-state index contributed by atoms with van der Waals surface area (Å²) in [5, 5.41) is 0. The van der Waals surface area contributed by atoms with Crippen LogP contribution in [-0.2, 0) is 13.8 Å². The molecule has 0 aromatic heterocycles. The van der Waals surface area contributed by atoms with Crippen molar-refractivity contribution in [2.24, 2.45) is 5.73 Å². The second kappa shape index (κ2) is 6.53. The Hall–Kier alpha value is -0.180. The summed E-state index contributed by atoms with van der Waals surface area (Å²) in [4.78, 5) is 10.4. The monoisotopic (exact) mass is 179 g/mol. The Bertz CT molecular complexity index is 114. The maximum Gasteiger partial charge on any atom is 0.226 e. The zero-order valence-corrected chi connectivity index (χ0v) is 7.77. The maximum atomic E-state index is 10.4. The minimum Gasteiger partial charge on any atom is -0.369 e. The molecule has 0 saturated heterocycles. The van der Waals surface area contributed by atoms with Gasteiger partial charge >= 0.3 is 0 Å². The van der Waals surface area contributed by atoms with Crippen LogP contribution in [0, 0.1) is 0 Å². The molecular formula is C6H14NO3P. The topological polar surface area (TPSA) is 61.5 Å². The number of primary amides is 1. The summed E-state index contributed by atoms with van der Waals surface area (Å²) >= 11 is 0. The summed E-state index contributed by atoms with van der Waals surface area (Å²) in [5.74, 6) is -0.377. The van der Waals surface area contributed by atoms with E-state index < -0.39 is 8.38 Å². The van der Waals surface area contributed by atoms with Crippen LogP contribution in [0.25, 0.3) is 0 Å². The van der Waals surface area contributed by atoms with E-state index in [1.165, 1.54) is 0 Å². The van der Waals surface area contributed by atoms with Crippen LogP contribution in [0.3, 0.4) is 0 Å². The van der Waals surface area contributed by atoms with Gasteiger partial charge in [-0.25, -0.2) is 0 Å². The first-order valence-corrected chi connectivity index (χ1v) is 4.88. The zero-order chi connectivity index (χ0) is 8.69. The summed E-state index contributed by atoms with van der Waals surface area (Å²) in [6.07, 6.45) is 0.191. The van der Waals surface area contributed by atoms with Crippen LogP contribution in [0.2, 0.25) is 0 Å². The lowest BCUT2D eigenvalue weighted by Gasteiger charge is -2.12. The molecule has 0 aliphatic rings. The van der Waals surface area contributed by atoms with Gasteiger partial charge in [-0.15, -0.1) is 0 Å². The number of amides is 1. The summed E-state index contributed by atoms with van der Waals surface area (Å²) in [7, 11) is -1.07. The normalized spacial score (nSPS) is 10.5. The highest BCUT2D eigenvalue weighted by molar-refractivity contribution is 7.48. The van der Waals surface area contributed by atoms with Gasteiger partial charge in [0, 0.05) is 0 Å². The van der Waals surface area contributed by atoms with Crippen LogP contribution >= 0.6 is 8.38 Å². The molecule has 0 aromatic carbocycles. The molecule has 0 heterocycles. The Morgan fingerprint density at radius 1 is 1.36 bits per heavy atom. The van der Waals surface area contributed by atoms with E-state index in [9.17, 15) is 4.79 Å². The first-order chi connectivity index (χ1) is 5.20. The van der Waals surface area contributed by atoms with Gasteiger partial charge in [-0.2, -0.15) is 0 Å². The van der Waals surface area contributed by atoms with E-state index in [-0.39, 0.29) is 12.1 Å². The van der Waals surface area contributed by atoms with E-state index in [4.69, 9.17) is 14.8 Å². The molecule has 0 atom stereocenters. The SMILES string of the molecule is CCOP(CC(N)=O)OCC. The second-order valence-corrected chi connectivity index (χ2v) is 3.29. The average Bonchev–Trinajstić information content (AvgIpc) is 1.87. The van der Waals surface area contributed by atoms with Gasteiger partial charge in [0.2, 0.25) is 5.91 Å². The number of carbonyl (C=O) groups excluding carboxylic acids is 1. The summed E-state index contributed by atoms with van der Waals surface area (Å²) in [6, 6.07) is 0. The largest absolute Gasteiger partial charge is 0.369 e. The molecule has 66 valence electrons. The van der Waals surface area contributed by atoms with Crippen LogP contribution in [0.5, 0.6) is 0 Å². The molecule has 0 bridgehead atoms. The Morgan fingerprint density at radius 3 is 2.09 bits per heavy atom. The molecule has 2 N–H and O–H groups in total. The van der Waals surface area contributed by atoms with Crippen molar-refractivity contribution in [1.29, 1.82) is 0 Å². The highest BCUT2D eigenvalue weighted by Gasteiger charge is 2.11. The molecule has 0 rings (SSSR count). The number of nitrogens with two attached hydrogens (primary N) is 1. The van der Waals surface area contributed by atoms with Crippen molar-refractivity contribution < 1.29 is 13.8 Å². The standard InChI is InChI=1S/C6H14NO3P/c1-3-9-11(10-4-2)5-6(7)8/h3-5H2,1-2H3,(H2,7,8). The van der Waals surface area contributed by atoms with E-state index >= 15 is 0 Å². The number of hydrogen-bond donors (Lipinski definition) is 1. The van der Waals surface area contributed by atoms with Crippen molar-refractivity contribution in [3.05, 3.63) is 0 Å². The molecule has 11 heavy (non-hydrogen) atoms. The van der Waals surface area contributed by atoms with Gasteiger partial charge in [0.1, 0.15) is 0 Å². The fourth-order valence-corrected chi connectivity index (χ4v) is 1.63. The molecule has 1 amide bonds. The molecule has 0 spiro atoms. The van der Waals surface area contributed by atoms with E-state index in [0.29, 0.717) is 13.2 Å². The average molecular weight is 179 g/mol. The quantitative estimate of drug-likeness (QED) is 0.615. The van der Waals surface area contributed by atoms with E-state index in [1.807, 2.05) is 13.8 Å². The van der Waals surface area contributed by atoms with Gasteiger partial charge < -0.3 is 14.8 Å². The lowest BCUT2D eigenvalue weighted by Crippen LogP contribution is -2.16. The minimum atomic E-state index is -1.07. The number of rotatable bonds is 6. The molecule has 0 saturated carbocycles. The maximum absolute atomic E-state index is 10.4. The molecule has 0 aromatic rings. The fraction of sp³-hybridized carbons (Fsp3) is 0.833. The second-order valence-electron chi connectivity index (χ2n) is 1.79. The molecule has 0 radical (unpaired) electrons. The highest BCUT2D eigenvalue weighted by atomic mass is 31.2. The van der Waals surface area contributed by atoms with Crippen molar-refractivity contribution in [3.63, 3.8) is 0 Å². The predicted octanol–water partition coefficient (Wildman–Crippen LogP) is 0.857. The molecule has 0 unspecified atom stereocenters. The molecule has 0 aliphatic heterocycles. The van der Waals surface area contributed by atoms with E-state index in [1.54, 1.807) is 0 Å². The van der Waals surface area contributed by atoms with Crippen LogP contribution in [0.15, 0.2) is 0 Å². The zero-order valence-electron chi connectivity index (χ0n) is 6.87. The van der Waals surface area contributed by atoms with Crippen LogP contribution < -0.4 is 5.73 Å². The smallest absolute Gasteiger partial charge is 0.226 e. The third-order valence-corrected chi connectivity index (χ3v) is 2.49. The number of hydrogen-bond acceptors (Lipinski definition) is 3. The van der Waals surface area contributed by atoms with Crippen molar-refractivity contribution in [1.82, 2.24) is 0 Å². The lowest BCUT2D eigenvalue weighted by atomic mass is 10.8. The van der Waals surface area contributed by atoms with Gasteiger partial charge in [-0.3, -0.25) is 4.79 Å². The Balaban J connectivity index is 3.59. The molecule has 4 nitrogen and oxygen atoms in total. The Morgan fingerprint density at radius 2 is 1.82 bits per heavy atom. The van der Waals surface area contributed by atoms with Gasteiger partial charge in [-0.1, -0.05) is 0 Å². The molecule has 0 aliphatic carbocycles. The van der Waals surface area contributed by atoms with E-state index in [2.05, 4.69) is 0 Å².